The van der Waals surface area contributed by atoms with Crippen LogP contribution in [0.2, 0.25) is 0 Å². The normalized spacial score (nSPS) is 15.3. The van der Waals surface area contributed by atoms with Crippen LogP contribution in [0.1, 0.15) is 50.4 Å². The van der Waals surface area contributed by atoms with Gasteiger partial charge in [0, 0.05) is 6.04 Å². The third kappa shape index (κ3) is 4.29. The average Bonchev–Trinajstić information content (AvgIpc) is 2.35. The molecule has 1 rings (SSSR count). The van der Waals surface area contributed by atoms with Crippen LogP contribution in [0.5, 0.6) is 0 Å². The summed E-state index contributed by atoms with van der Waals surface area (Å²) in [6.45, 7) is 6.66. The van der Waals surface area contributed by atoms with Crippen molar-refractivity contribution in [2.24, 2.45) is 0 Å². The first-order valence-corrected chi connectivity index (χ1v) is 7.41. The first kappa shape index (κ1) is 17.7. The van der Waals surface area contributed by atoms with Crippen molar-refractivity contribution in [1.82, 2.24) is 4.72 Å². The molecule has 0 aliphatic rings. The summed E-state index contributed by atoms with van der Waals surface area (Å²) in [5, 5.41) is 8.87. The summed E-state index contributed by atoms with van der Waals surface area (Å²) in [5.41, 5.74) is -1.49. The fourth-order valence-electron chi connectivity index (χ4n) is 1.74. The molecule has 0 aliphatic carbocycles. The Kier molecular flexibility index (Phi) is 5.18. The van der Waals surface area contributed by atoms with E-state index in [9.17, 15) is 17.4 Å². The molecule has 0 aliphatic heterocycles. The lowest BCUT2D eigenvalue weighted by Gasteiger charge is -2.24. The Morgan fingerprint density at radius 3 is 2.29 bits per heavy atom. The number of hydrogen-bond acceptors (Lipinski definition) is 2. The summed E-state index contributed by atoms with van der Waals surface area (Å²) in [4.78, 5) is 0. The molecule has 0 fully saturated rings. The molecule has 0 amide bonds. The van der Waals surface area contributed by atoms with Gasteiger partial charge in [0.1, 0.15) is 0 Å². The molecule has 0 spiro atoms. The van der Waals surface area contributed by atoms with Crippen LogP contribution >= 0.6 is 0 Å². The van der Waals surface area contributed by atoms with Crippen molar-refractivity contribution in [3.63, 3.8) is 0 Å². The van der Waals surface area contributed by atoms with Crippen LogP contribution in [0.3, 0.4) is 0 Å². The van der Waals surface area contributed by atoms with Crippen LogP contribution < -0.4 is 4.72 Å². The summed E-state index contributed by atoms with van der Waals surface area (Å²) in [6.07, 6.45) is -4.64. The van der Waals surface area contributed by atoms with Crippen LogP contribution in [-0.4, -0.2) is 8.96 Å². The number of nitrogens with zero attached hydrogens (tertiary/aromatic N) is 1. The van der Waals surface area contributed by atoms with Crippen LogP contribution in [-0.2, 0) is 17.2 Å². The summed E-state index contributed by atoms with van der Waals surface area (Å²) in [5.74, 6) is 0. The van der Waals surface area contributed by atoms with Gasteiger partial charge in [0.25, 0.3) is 0 Å². The molecule has 0 bridgehead atoms. The van der Waals surface area contributed by atoms with E-state index in [1.807, 2.05) is 0 Å². The van der Waals surface area contributed by atoms with Gasteiger partial charge in [-0.1, -0.05) is 12.1 Å². The molecule has 1 N–H and O–H groups in total. The lowest BCUT2D eigenvalue weighted by atomic mass is 9.97. The van der Waals surface area contributed by atoms with Crippen molar-refractivity contribution in [2.75, 3.05) is 0 Å². The second kappa shape index (κ2) is 6.16. The Morgan fingerprint density at radius 2 is 1.86 bits per heavy atom. The van der Waals surface area contributed by atoms with Gasteiger partial charge in [0.05, 0.1) is 32.9 Å². The summed E-state index contributed by atoms with van der Waals surface area (Å²) in [7, 11) is -1.51. The summed E-state index contributed by atoms with van der Waals surface area (Å²) in [6, 6.07) is 4.57. The van der Waals surface area contributed by atoms with E-state index in [-0.39, 0.29) is 5.56 Å². The van der Waals surface area contributed by atoms with Gasteiger partial charge in [-0.3, -0.25) is 0 Å². The fourth-order valence-corrected chi connectivity index (χ4v) is 2.54. The highest BCUT2D eigenvalue weighted by atomic mass is 32.2. The van der Waals surface area contributed by atoms with Gasteiger partial charge in [0.15, 0.2) is 0 Å². The minimum Gasteiger partial charge on any atom is -0.242 e. The Bertz CT molecular complexity index is 585. The molecule has 0 saturated heterocycles. The monoisotopic (exact) mass is 318 g/mol. The second-order valence-electron chi connectivity index (χ2n) is 5.60. The van der Waals surface area contributed by atoms with Gasteiger partial charge in [-0.25, -0.2) is 8.93 Å². The second-order valence-corrected chi connectivity index (χ2v) is 7.60. The molecular weight excluding hydrogens is 301 g/mol. The Hall–Kier alpha value is -1.39. The molecule has 7 heteroatoms. The van der Waals surface area contributed by atoms with Crippen molar-refractivity contribution in [3.8, 4) is 6.07 Å². The maximum absolute atomic E-state index is 13.2. The Labute approximate surface area is 124 Å². The highest BCUT2D eigenvalue weighted by molar-refractivity contribution is 7.84. The van der Waals surface area contributed by atoms with Crippen molar-refractivity contribution < 1.29 is 17.4 Å². The third-order valence-corrected chi connectivity index (χ3v) is 4.49. The van der Waals surface area contributed by atoms with E-state index in [1.165, 1.54) is 19.1 Å². The fraction of sp³-hybridized carbons (Fsp3) is 0.500. The number of benzene rings is 1. The third-order valence-electron chi connectivity index (χ3n) is 2.81. The number of hydrogen-bond donors (Lipinski definition) is 1. The van der Waals surface area contributed by atoms with E-state index in [0.29, 0.717) is 0 Å². The molecular formula is C14H17F3N2OS. The van der Waals surface area contributed by atoms with E-state index in [0.717, 1.165) is 6.07 Å². The van der Waals surface area contributed by atoms with E-state index in [1.54, 1.807) is 26.8 Å². The largest absolute Gasteiger partial charge is 0.418 e. The molecule has 1 aromatic rings. The predicted octanol–water partition coefficient (Wildman–Crippen LogP) is 3.69. The van der Waals surface area contributed by atoms with Gasteiger partial charge in [-0.05, 0) is 39.3 Å². The molecule has 1 unspecified atom stereocenters. The van der Waals surface area contributed by atoms with E-state index in [2.05, 4.69) is 4.72 Å². The Morgan fingerprint density at radius 1 is 1.29 bits per heavy atom. The minimum atomic E-state index is -4.64. The molecule has 2 atom stereocenters. The molecule has 1 aromatic carbocycles. The summed E-state index contributed by atoms with van der Waals surface area (Å²) >= 11 is 0. The van der Waals surface area contributed by atoms with Gasteiger partial charge < -0.3 is 0 Å². The first-order chi connectivity index (χ1) is 9.48. The van der Waals surface area contributed by atoms with E-state index >= 15 is 0 Å². The van der Waals surface area contributed by atoms with Gasteiger partial charge >= 0.3 is 6.18 Å². The van der Waals surface area contributed by atoms with Crippen molar-refractivity contribution in [1.29, 1.82) is 5.26 Å². The first-order valence-electron chi connectivity index (χ1n) is 6.26. The maximum Gasteiger partial charge on any atom is 0.418 e. The summed E-state index contributed by atoms with van der Waals surface area (Å²) < 4.78 is 53.6. The molecule has 0 radical (unpaired) electrons. The van der Waals surface area contributed by atoms with Crippen LogP contribution in [0.25, 0.3) is 0 Å². The molecule has 0 aromatic heterocycles. The van der Waals surface area contributed by atoms with Gasteiger partial charge in [-0.15, -0.1) is 0 Å². The quantitative estimate of drug-likeness (QED) is 0.924. The number of halogens is 3. The molecule has 0 heterocycles. The van der Waals surface area contributed by atoms with Crippen LogP contribution in [0.4, 0.5) is 13.2 Å². The smallest absolute Gasteiger partial charge is 0.242 e. The number of nitrogens with one attached hydrogen (secondary N) is 1. The average molecular weight is 318 g/mol. The van der Waals surface area contributed by atoms with E-state index in [4.69, 9.17) is 5.26 Å². The minimum absolute atomic E-state index is 0.0841. The Balaban J connectivity index is 3.26. The lowest BCUT2D eigenvalue weighted by molar-refractivity contribution is -0.138. The number of alkyl halides is 3. The zero-order chi connectivity index (χ0) is 16.4. The maximum atomic E-state index is 13.2. The van der Waals surface area contributed by atoms with Crippen molar-refractivity contribution >= 4 is 11.0 Å². The molecule has 3 nitrogen and oxygen atoms in total. The molecule has 116 valence electrons. The van der Waals surface area contributed by atoms with Crippen molar-refractivity contribution in [2.45, 2.75) is 44.7 Å². The van der Waals surface area contributed by atoms with Gasteiger partial charge in [-0.2, -0.15) is 18.4 Å². The number of nitriles is 1. The highest BCUT2D eigenvalue weighted by Gasteiger charge is 2.37. The zero-order valence-corrected chi connectivity index (χ0v) is 13.0. The van der Waals surface area contributed by atoms with Crippen LogP contribution in [0, 0.1) is 11.3 Å². The van der Waals surface area contributed by atoms with Gasteiger partial charge in [0.2, 0.25) is 0 Å². The lowest BCUT2D eigenvalue weighted by Crippen LogP contribution is -2.35. The molecule has 21 heavy (non-hydrogen) atoms. The highest BCUT2D eigenvalue weighted by Crippen LogP contribution is 2.37. The van der Waals surface area contributed by atoms with Crippen molar-refractivity contribution in [3.05, 3.63) is 34.9 Å². The SMILES string of the molecule is C[C@@H](NS(=O)C(C)(C)C)c1cccc(C#N)c1C(F)(F)F. The zero-order valence-electron chi connectivity index (χ0n) is 12.2. The number of rotatable bonds is 3. The topological polar surface area (TPSA) is 52.9 Å². The standard InChI is InChI=1S/C14H17F3N2OS/c1-9(19-21(20)13(2,3)4)11-7-5-6-10(8-18)12(11)14(15,16)17/h5-7,9,19H,1-4H3/t9-,21?/m1/s1. The molecule has 0 saturated carbocycles. The van der Waals surface area contributed by atoms with E-state index < -0.39 is 39.1 Å². The predicted molar refractivity (Wildman–Crippen MR) is 75.6 cm³/mol. The van der Waals surface area contributed by atoms with Crippen LogP contribution in [0.15, 0.2) is 18.2 Å².